The van der Waals surface area contributed by atoms with Crippen LogP contribution >= 0.6 is 0 Å². The van der Waals surface area contributed by atoms with Crippen molar-refractivity contribution in [2.45, 2.75) is 38.4 Å². The van der Waals surface area contributed by atoms with Crippen LogP contribution in [0.4, 0.5) is 4.39 Å². The third-order valence-electron chi connectivity index (χ3n) is 5.52. The zero-order valence-corrected chi connectivity index (χ0v) is 13.5. The average molecular weight is 322 g/mol. The van der Waals surface area contributed by atoms with E-state index in [0.29, 0.717) is 18.1 Å². The summed E-state index contributed by atoms with van der Waals surface area (Å²) in [5, 5.41) is 3.70. The lowest BCUT2D eigenvalue weighted by atomic mass is 10.1. The Balaban J connectivity index is 1.70. The Morgan fingerprint density at radius 2 is 2.17 bits per heavy atom. The monoisotopic (exact) mass is 322 g/mol. The van der Waals surface area contributed by atoms with Crippen molar-refractivity contribution in [2.75, 3.05) is 0 Å². The maximum absolute atomic E-state index is 13.8. The molecule has 3 aliphatic rings. The molecule has 2 fully saturated rings. The van der Waals surface area contributed by atoms with Gasteiger partial charge in [0, 0.05) is 29.6 Å². The standard InChI is InChI=1S/C19H19FN4/c1-11-3-2-4-15(22-11)17-18(12-7-8-21-16(20)10-12)24-14-6-5-13(9-14)19(24)23-17/h2-4,7-8,10,13-14,19,23H,5-6,9H2,1H3. The fourth-order valence-corrected chi connectivity index (χ4v) is 4.56. The number of aromatic nitrogens is 2. The van der Waals surface area contributed by atoms with Crippen molar-refractivity contribution in [3.05, 3.63) is 59.4 Å². The number of pyridine rings is 2. The van der Waals surface area contributed by atoms with Crippen molar-refractivity contribution in [2.24, 2.45) is 5.92 Å². The van der Waals surface area contributed by atoms with Gasteiger partial charge in [0.1, 0.15) is 6.17 Å². The number of piperidine rings is 1. The third kappa shape index (κ3) is 1.97. The van der Waals surface area contributed by atoms with Crippen LogP contribution in [0.2, 0.25) is 0 Å². The summed E-state index contributed by atoms with van der Waals surface area (Å²) >= 11 is 0. The van der Waals surface area contributed by atoms with E-state index in [1.165, 1.54) is 25.3 Å². The topological polar surface area (TPSA) is 41.1 Å². The van der Waals surface area contributed by atoms with Gasteiger partial charge in [-0.05, 0) is 50.3 Å². The molecule has 0 amide bonds. The summed E-state index contributed by atoms with van der Waals surface area (Å²) in [6.45, 7) is 2.00. The van der Waals surface area contributed by atoms with E-state index < -0.39 is 5.95 Å². The van der Waals surface area contributed by atoms with Crippen LogP contribution in [0.1, 0.15) is 36.2 Å². The minimum Gasteiger partial charge on any atom is -0.361 e. The fourth-order valence-electron chi connectivity index (χ4n) is 4.56. The molecular formula is C19H19FN4. The third-order valence-corrected chi connectivity index (χ3v) is 5.52. The van der Waals surface area contributed by atoms with Crippen molar-refractivity contribution in [3.63, 3.8) is 0 Å². The van der Waals surface area contributed by atoms with Crippen molar-refractivity contribution in [1.82, 2.24) is 20.2 Å². The van der Waals surface area contributed by atoms with Crippen molar-refractivity contribution in [1.29, 1.82) is 0 Å². The fraction of sp³-hybridized carbons (Fsp3) is 0.368. The highest BCUT2D eigenvalue weighted by Gasteiger charge is 2.51. The molecule has 2 aromatic rings. The van der Waals surface area contributed by atoms with Crippen molar-refractivity contribution < 1.29 is 4.39 Å². The van der Waals surface area contributed by atoms with Gasteiger partial charge in [-0.2, -0.15) is 4.39 Å². The lowest BCUT2D eigenvalue weighted by Crippen LogP contribution is -2.41. The molecule has 5 rings (SSSR count). The summed E-state index contributed by atoms with van der Waals surface area (Å²) in [6.07, 6.45) is 5.57. The molecule has 1 saturated heterocycles. The highest BCUT2D eigenvalue weighted by Crippen LogP contribution is 2.50. The molecule has 0 aromatic carbocycles. The Bertz CT molecular complexity index is 847. The molecule has 2 bridgehead atoms. The smallest absolute Gasteiger partial charge is 0.213 e. The van der Waals surface area contributed by atoms with E-state index in [-0.39, 0.29) is 0 Å². The number of halogens is 1. The molecule has 5 heteroatoms. The van der Waals surface area contributed by atoms with Crippen LogP contribution in [-0.4, -0.2) is 27.1 Å². The van der Waals surface area contributed by atoms with Gasteiger partial charge in [-0.3, -0.25) is 4.98 Å². The maximum atomic E-state index is 13.8. The number of hydrogen-bond acceptors (Lipinski definition) is 4. The van der Waals surface area contributed by atoms with Crippen LogP contribution in [0.15, 0.2) is 36.5 Å². The normalized spacial score (nSPS) is 27.6. The van der Waals surface area contributed by atoms with Gasteiger partial charge in [0.2, 0.25) is 5.95 Å². The summed E-state index contributed by atoms with van der Waals surface area (Å²) in [5.74, 6) is 0.225. The van der Waals surface area contributed by atoms with Gasteiger partial charge in [-0.1, -0.05) is 6.07 Å². The van der Waals surface area contributed by atoms with Crippen LogP contribution in [0.25, 0.3) is 11.4 Å². The molecule has 3 unspecified atom stereocenters. The van der Waals surface area contributed by atoms with Crippen LogP contribution in [0.5, 0.6) is 0 Å². The molecule has 4 nitrogen and oxygen atoms in total. The first kappa shape index (κ1) is 14.0. The molecule has 2 aromatic heterocycles. The molecule has 2 aliphatic heterocycles. The first-order valence-electron chi connectivity index (χ1n) is 8.56. The maximum Gasteiger partial charge on any atom is 0.213 e. The van der Waals surface area contributed by atoms with E-state index in [2.05, 4.69) is 15.2 Å². The van der Waals surface area contributed by atoms with E-state index in [1.54, 1.807) is 6.20 Å². The quantitative estimate of drug-likeness (QED) is 0.862. The second kappa shape index (κ2) is 5.03. The molecule has 4 heterocycles. The predicted octanol–water partition coefficient (Wildman–Crippen LogP) is 3.16. The van der Waals surface area contributed by atoms with E-state index >= 15 is 0 Å². The number of nitrogens with zero attached hydrogens (tertiary/aromatic N) is 3. The Labute approximate surface area is 140 Å². The molecule has 1 N–H and O–H groups in total. The van der Waals surface area contributed by atoms with Crippen LogP contribution in [0.3, 0.4) is 0 Å². The van der Waals surface area contributed by atoms with Crippen LogP contribution in [0, 0.1) is 18.8 Å². The predicted molar refractivity (Wildman–Crippen MR) is 89.9 cm³/mol. The van der Waals surface area contributed by atoms with Gasteiger partial charge >= 0.3 is 0 Å². The van der Waals surface area contributed by atoms with Gasteiger partial charge in [-0.15, -0.1) is 0 Å². The highest BCUT2D eigenvalue weighted by atomic mass is 19.1. The van der Waals surface area contributed by atoms with Crippen molar-refractivity contribution in [3.8, 4) is 0 Å². The second-order valence-corrected chi connectivity index (χ2v) is 6.98. The van der Waals surface area contributed by atoms with E-state index in [1.807, 2.05) is 31.2 Å². The molecule has 0 radical (unpaired) electrons. The zero-order chi connectivity index (χ0) is 16.3. The molecule has 24 heavy (non-hydrogen) atoms. The SMILES string of the molecule is Cc1cccc(C2=C(c3ccnc(F)c3)N3C4CCC(C4)C3N2)n1. The molecule has 1 aliphatic carbocycles. The largest absolute Gasteiger partial charge is 0.361 e. The Morgan fingerprint density at radius 1 is 1.25 bits per heavy atom. The summed E-state index contributed by atoms with van der Waals surface area (Å²) in [6, 6.07) is 10.0. The number of fused-ring (bicyclic) bond motifs is 5. The van der Waals surface area contributed by atoms with Crippen LogP contribution < -0.4 is 5.32 Å². The zero-order valence-electron chi connectivity index (χ0n) is 13.5. The van der Waals surface area contributed by atoms with Gasteiger partial charge in [0.05, 0.1) is 17.1 Å². The summed E-state index contributed by atoms with van der Waals surface area (Å²) in [7, 11) is 0. The Hall–Kier alpha value is -2.43. The van der Waals surface area contributed by atoms with Crippen LogP contribution in [-0.2, 0) is 0 Å². The van der Waals surface area contributed by atoms with Crippen molar-refractivity contribution >= 4 is 11.4 Å². The van der Waals surface area contributed by atoms with Gasteiger partial charge in [0.25, 0.3) is 0 Å². The summed E-state index contributed by atoms with van der Waals surface area (Å²) in [4.78, 5) is 10.9. The summed E-state index contributed by atoms with van der Waals surface area (Å²) < 4.78 is 13.8. The average Bonchev–Trinajstić information content (AvgIpc) is 3.26. The molecule has 3 atom stereocenters. The van der Waals surface area contributed by atoms with Gasteiger partial charge in [-0.25, -0.2) is 4.98 Å². The number of nitrogens with one attached hydrogen (secondary N) is 1. The van der Waals surface area contributed by atoms with Gasteiger partial charge in [0.15, 0.2) is 0 Å². The second-order valence-electron chi connectivity index (χ2n) is 6.98. The minimum atomic E-state index is -0.440. The number of aryl methyl sites for hydroxylation is 1. The first-order chi connectivity index (χ1) is 11.7. The molecule has 0 spiro atoms. The Morgan fingerprint density at radius 3 is 3.00 bits per heavy atom. The molecular weight excluding hydrogens is 303 g/mol. The van der Waals surface area contributed by atoms with E-state index in [0.717, 1.165) is 28.3 Å². The van der Waals surface area contributed by atoms with Gasteiger partial charge < -0.3 is 10.2 Å². The minimum absolute atomic E-state index is 0.312. The number of rotatable bonds is 2. The van der Waals surface area contributed by atoms with E-state index in [4.69, 9.17) is 4.98 Å². The summed E-state index contributed by atoms with van der Waals surface area (Å²) in [5.41, 5.74) is 4.88. The lowest BCUT2D eigenvalue weighted by Gasteiger charge is -2.33. The number of hydrogen-bond donors (Lipinski definition) is 1. The Kier molecular flexibility index (Phi) is 2.93. The first-order valence-corrected chi connectivity index (χ1v) is 8.56. The highest BCUT2D eigenvalue weighted by molar-refractivity contribution is 5.90. The van der Waals surface area contributed by atoms with E-state index in [9.17, 15) is 4.39 Å². The molecule has 122 valence electrons. The molecule has 1 saturated carbocycles. The lowest BCUT2D eigenvalue weighted by molar-refractivity contribution is 0.218.